The zero-order valence-electron chi connectivity index (χ0n) is 12.7. The number of nitro benzene ring substituents is 1. The topological polar surface area (TPSA) is 98.5 Å². The lowest BCUT2D eigenvalue weighted by Gasteiger charge is -2.07. The van der Waals surface area contributed by atoms with E-state index >= 15 is 0 Å². The standard InChI is InChI=1S/C16H12F2N2O5/c17-10-1-6-13(14(18)9-10)16(22)19-8-7-15(21)25-12-4-2-11(3-5-12)20(23)24/h1-6,9H,7-8H2,(H,19,22). The predicted molar refractivity (Wildman–Crippen MR) is 82.0 cm³/mol. The molecule has 9 heteroatoms. The van der Waals surface area contributed by atoms with E-state index in [4.69, 9.17) is 4.74 Å². The predicted octanol–water partition coefficient (Wildman–Crippen LogP) is 2.60. The molecular weight excluding hydrogens is 338 g/mol. The summed E-state index contributed by atoms with van der Waals surface area (Å²) in [6.07, 6.45) is -0.203. The minimum atomic E-state index is -1.01. The van der Waals surface area contributed by atoms with Crippen LogP contribution in [0.3, 0.4) is 0 Å². The van der Waals surface area contributed by atoms with Crippen LogP contribution in [0, 0.1) is 21.7 Å². The van der Waals surface area contributed by atoms with Gasteiger partial charge in [0, 0.05) is 24.7 Å². The number of benzene rings is 2. The van der Waals surface area contributed by atoms with Gasteiger partial charge in [-0.15, -0.1) is 0 Å². The van der Waals surface area contributed by atoms with Crippen molar-refractivity contribution in [2.24, 2.45) is 0 Å². The molecule has 0 radical (unpaired) electrons. The van der Waals surface area contributed by atoms with Crippen LogP contribution in [-0.4, -0.2) is 23.3 Å². The Hall–Kier alpha value is -3.36. The summed E-state index contributed by atoms with van der Waals surface area (Å²) in [5.74, 6) is -3.17. The molecule has 1 amide bonds. The Kier molecular flexibility index (Phi) is 5.72. The Labute approximate surface area is 140 Å². The van der Waals surface area contributed by atoms with E-state index in [0.717, 1.165) is 12.1 Å². The molecule has 0 aromatic heterocycles. The van der Waals surface area contributed by atoms with Crippen molar-refractivity contribution in [2.45, 2.75) is 6.42 Å². The zero-order chi connectivity index (χ0) is 18.4. The molecule has 0 saturated heterocycles. The van der Waals surface area contributed by atoms with Crippen molar-refractivity contribution >= 4 is 17.6 Å². The van der Waals surface area contributed by atoms with Crippen molar-refractivity contribution in [2.75, 3.05) is 6.54 Å². The first-order chi connectivity index (χ1) is 11.9. The summed E-state index contributed by atoms with van der Waals surface area (Å²) in [6.45, 7) is -0.124. The number of carbonyl (C=O) groups is 2. The number of carbonyl (C=O) groups excluding carboxylic acids is 2. The number of nitrogens with zero attached hydrogens (tertiary/aromatic N) is 1. The first-order valence-corrected chi connectivity index (χ1v) is 7.05. The number of esters is 1. The van der Waals surface area contributed by atoms with Crippen LogP contribution in [0.1, 0.15) is 16.8 Å². The van der Waals surface area contributed by atoms with Gasteiger partial charge in [0.2, 0.25) is 0 Å². The first kappa shape index (κ1) is 18.0. The van der Waals surface area contributed by atoms with Crippen LogP contribution in [0.15, 0.2) is 42.5 Å². The van der Waals surface area contributed by atoms with Crippen LogP contribution in [0.4, 0.5) is 14.5 Å². The van der Waals surface area contributed by atoms with E-state index in [1.54, 1.807) is 0 Å². The minimum Gasteiger partial charge on any atom is -0.426 e. The van der Waals surface area contributed by atoms with Crippen molar-refractivity contribution in [3.8, 4) is 5.75 Å². The summed E-state index contributed by atoms with van der Waals surface area (Å²) in [6, 6.07) is 7.42. The van der Waals surface area contributed by atoms with Gasteiger partial charge in [-0.3, -0.25) is 19.7 Å². The van der Waals surface area contributed by atoms with Crippen LogP contribution < -0.4 is 10.1 Å². The second-order valence-electron chi connectivity index (χ2n) is 4.86. The molecular formula is C16H12F2N2O5. The average molecular weight is 350 g/mol. The Bertz CT molecular complexity index is 809. The SMILES string of the molecule is O=C(CCNC(=O)c1ccc(F)cc1F)Oc1ccc([N+](=O)[O-])cc1. The maximum Gasteiger partial charge on any atom is 0.312 e. The zero-order valence-corrected chi connectivity index (χ0v) is 12.7. The summed E-state index contributed by atoms with van der Waals surface area (Å²) >= 11 is 0. The molecule has 0 aliphatic heterocycles. The van der Waals surface area contributed by atoms with Gasteiger partial charge in [0.25, 0.3) is 11.6 Å². The molecule has 7 nitrogen and oxygen atoms in total. The van der Waals surface area contributed by atoms with Crippen LogP contribution >= 0.6 is 0 Å². The third kappa shape index (κ3) is 5.06. The van der Waals surface area contributed by atoms with Gasteiger partial charge in [0.05, 0.1) is 16.9 Å². The minimum absolute atomic E-state index is 0.117. The molecule has 2 aromatic carbocycles. The summed E-state index contributed by atoms with van der Waals surface area (Å²) in [5, 5.41) is 12.8. The van der Waals surface area contributed by atoms with Crippen molar-refractivity contribution in [3.63, 3.8) is 0 Å². The third-order valence-electron chi connectivity index (χ3n) is 3.07. The van der Waals surface area contributed by atoms with Crippen molar-refractivity contribution in [3.05, 3.63) is 69.8 Å². The normalized spacial score (nSPS) is 10.2. The average Bonchev–Trinajstić information content (AvgIpc) is 2.55. The molecule has 0 heterocycles. The van der Waals surface area contributed by atoms with Crippen molar-refractivity contribution in [1.82, 2.24) is 5.32 Å². The molecule has 2 rings (SSSR count). The Morgan fingerprint density at radius 3 is 2.40 bits per heavy atom. The Balaban J connectivity index is 1.81. The maximum atomic E-state index is 13.4. The number of ether oxygens (including phenoxy) is 1. The summed E-state index contributed by atoms with van der Waals surface area (Å²) < 4.78 is 31.1. The van der Waals surface area contributed by atoms with Crippen molar-refractivity contribution in [1.29, 1.82) is 0 Å². The summed E-state index contributed by atoms with van der Waals surface area (Å²) in [7, 11) is 0. The van der Waals surface area contributed by atoms with E-state index in [9.17, 15) is 28.5 Å². The van der Waals surface area contributed by atoms with Gasteiger partial charge in [-0.05, 0) is 24.3 Å². The Morgan fingerprint density at radius 1 is 1.12 bits per heavy atom. The van der Waals surface area contributed by atoms with Gasteiger partial charge in [0.15, 0.2) is 0 Å². The van der Waals surface area contributed by atoms with E-state index in [1.165, 1.54) is 24.3 Å². The number of halogens is 2. The lowest BCUT2D eigenvalue weighted by molar-refractivity contribution is -0.384. The van der Waals surface area contributed by atoms with E-state index in [2.05, 4.69) is 5.32 Å². The molecule has 0 atom stereocenters. The molecule has 1 N–H and O–H groups in total. The quantitative estimate of drug-likeness (QED) is 0.374. The second-order valence-corrected chi connectivity index (χ2v) is 4.86. The molecule has 0 fully saturated rings. The van der Waals surface area contributed by atoms with Crippen molar-refractivity contribution < 1.29 is 28.0 Å². The van der Waals surface area contributed by atoms with Gasteiger partial charge in [-0.1, -0.05) is 0 Å². The summed E-state index contributed by atoms with van der Waals surface area (Å²) in [4.78, 5) is 33.3. The van der Waals surface area contributed by atoms with Gasteiger partial charge >= 0.3 is 5.97 Å². The number of hydrogen-bond acceptors (Lipinski definition) is 5. The molecule has 25 heavy (non-hydrogen) atoms. The lowest BCUT2D eigenvalue weighted by Crippen LogP contribution is -2.27. The number of amides is 1. The molecule has 0 unspecified atom stereocenters. The molecule has 0 spiro atoms. The van der Waals surface area contributed by atoms with Crippen LogP contribution in [-0.2, 0) is 4.79 Å². The largest absolute Gasteiger partial charge is 0.426 e. The Morgan fingerprint density at radius 2 is 1.80 bits per heavy atom. The lowest BCUT2D eigenvalue weighted by atomic mass is 10.2. The summed E-state index contributed by atoms with van der Waals surface area (Å²) in [5.41, 5.74) is -0.487. The fraction of sp³-hybridized carbons (Fsp3) is 0.125. The van der Waals surface area contributed by atoms with Crippen LogP contribution in [0.25, 0.3) is 0 Å². The number of rotatable bonds is 6. The number of nitro groups is 1. The van der Waals surface area contributed by atoms with E-state index in [0.29, 0.717) is 6.07 Å². The molecule has 2 aromatic rings. The van der Waals surface area contributed by atoms with Crippen LogP contribution in [0.2, 0.25) is 0 Å². The van der Waals surface area contributed by atoms with E-state index in [-0.39, 0.29) is 30.0 Å². The smallest absolute Gasteiger partial charge is 0.312 e. The second kappa shape index (κ2) is 7.95. The van der Waals surface area contributed by atoms with Gasteiger partial charge in [-0.2, -0.15) is 0 Å². The highest BCUT2D eigenvalue weighted by Gasteiger charge is 2.13. The highest BCUT2D eigenvalue weighted by Crippen LogP contribution is 2.17. The van der Waals surface area contributed by atoms with Crippen LogP contribution in [0.5, 0.6) is 5.75 Å². The molecule has 0 bridgehead atoms. The van der Waals surface area contributed by atoms with Gasteiger partial charge in [0.1, 0.15) is 17.4 Å². The molecule has 130 valence electrons. The van der Waals surface area contributed by atoms with Gasteiger partial charge in [-0.25, -0.2) is 8.78 Å². The maximum absolute atomic E-state index is 13.4. The first-order valence-electron chi connectivity index (χ1n) is 7.05. The molecule has 0 aliphatic carbocycles. The fourth-order valence-electron chi connectivity index (χ4n) is 1.87. The van der Waals surface area contributed by atoms with E-state index in [1.807, 2.05) is 0 Å². The third-order valence-corrected chi connectivity index (χ3v) is 3.07. The number of nitrogens with one attached hydrogen (secondary N) is 1. The number of hydrogen-bond donors (Lipinski definition) is 1. The molecule has 0 saturated carbocycles. The van der Waals surface area contributed by atoms with E-state index < -0.39 is 28.4 Å². The highest BCUT2D eigenvalue weighted by atomic mass is 19.1. The monoisotopic (exact) mass is 350 g/mol. The van der Waals surface area contributed by atoms with Gasteiger partial charge < -0.3 is 10.1 Å². The molecule has 0 aliphatic rings. The number of non-ortho nitro benzene ring substituents is 1. The fourth-order valence-corrected chi connectivity index (χ4v) is 1.87. The highest BCUT2D eigenvalue weighted by molar-refractivity contribution is 5.94.